The van der Waals surface area contributed by atoms with Gasteiger partial charge in [0.1, 0.15) is 5.54 Å². The molecule has 3 amide bonds. The smallest absolute Gasteiger partial charge is 0.325 e. The summed E-state index contributed by atoms with van der Waals surface area (Å²) in [4.78, 5) is 32.1. The Bertz CT molecular complexity index is 716. The summed E-state index contributed by atoms with van der Waals surface area (Å²) in [6.45, 7) is 7.60. The fourth-order valence-electron chi connectivity index (χ4n) is 3.24. The molecule has 1 aromatic carbocycles. The summed E-state index contributed by atoms with van der Waals surface area (Å²) >= 11 is 0. The molecular weight excluding hydrogens is 354 g/mol. The fraction of sp³-hybridized carbons (Fsp3) is 0.571. The number of aryl methyl sites for hydroxylation is 1. The first-order chi connectivity index (χ1) is 13.3. The average molecular weight is 388 g/mol. The Morgan fingerprint density at radius 2 is 1.86 bits per heavy atom. The van der Waals surface area contributed by atoms with E-state index in [0.29, 0.717) is 25.9 Å². The topological polar surface area (TPSA) is 77.0 Å². The van der Waals surface area contributed by atoms with Gasteiger partial charge in [-0.1, -0.05) is 38.1 Å². The molecule has 0 bridgehead atoms. The first-order valence-electron chi connectivity index (χ1n) is 9.98. The monoisotopic (exact) mass is 387 g/mol. The number of carbonyl (C=O) groups excluding carboxylic acids is 2. The lowest BCUT2D eigenvalue weighted by Gasteiger charge is -2.23. The summed E-state index contributed by atoms with van der Waals surface area (Å²) in [7, 11) is 3.75. The molecule has 0 radical (unpaired) electrons. The van der Waals surface area contributed by atoms with Crippen LogP contribution in [-0.2, 0) is 17.8 Å². The van der Waals surface area contributed by atoms with E-state index in [1.54, 1.807) is 14.0 Å². The number of nitrogens with zero attached hydrogens (tertiary/aromatic N) is 3. The summed E-state index contributed by atoms with van der Waals surface area (Å²) in [5.74, 6) is 0.646. The van der Waals surface area contributed by atoms with Crippen LogP contribution in [-0.4, -0.2) is 60.4 Å². The number of rotatable bonds is 8. The second-order valence-corrected chi connectivity index (χ2v) is 7.43. The van der Waals surface area contributed by atoms with E-state index in [1.165, 1.54) is 16.0 Å². The number of carbonyl (C=O) groups is 2. The number of guanidine groups is 1. The van der Waals surface area contributed by atoms with Crippen LogP contribution >= 0.6 is 0 Å². The molecule has 0 aliphatic carbocycles. The fourth-order valence-corrected chi connectivity index (χ4v) is 3.24. The third-order valence-electron chi connectivity index (χ3n) is 5.32. The van der Waals surface area contributed by atoms with Crippen LogP contribution in [0.25, 0.3) is 0 Å². The normalized spacial score (nSPS) is 19.8. The van der Waals surface area contributed by atoms with E-state index in [0.717, 1.165) is 18.9 Å². The second kappa shape index (κ2) is 9.57. The zero-order valence-electron chi connectivity index (χ0n) is 17.7. The first-order valence-corrected chi connectivity index (χ1v) is 9.98. The predicted octanol–water partition coefficient (Wildman–Crippen LogP) is 2.37. The van der Waals surface area contributed by atoms with Crippen LogP contribution in [0.3, 0.4) is 0 Å². The maximum Gasteiger partial charge on any atom is 0.325 e. The van der Waals surface area contributed by atoms with Gasteiger partial charge in [-0.25, -0.2) is 4.79 Å². The SMILES string of the molecule is CCc1ccc(CN(C)C(=NC)NCCCN2C(=O)NC(C)(CC)C2=O)cc1. The molecule has 0 spiro atoms. The number of urea groups is 1. The van der Waals surface area contributed by atoms with Crippen molar-refractivity contribution < 1.29 is 9.59 Å². The standard InChI is InChI=1S/C21H33N5O2/c1-6-16-9-11-17(12-10-16)15-25(5)19(22-4)23-13-8-14-26-18(27)21(3,7-2)24-20(26)28/h9-12H,6-8,13-15H2,1-5H3,(H,22,23)(H,24,28). The highest BCUT2D eigenvalue weighted by molar-refractivity contribution is 6.06. The number of aliphatic imine (C=N–C) groups is 1. The van der Waals surface area contributed by atoms with E-state index in [9.17, 15) is 9.59 Å². The Labute approximate surface area is 168 Å². The Hall–Kier alpha value is -2.57. The quantitative estimate of drug-likeness (QED) is 0.311. The van der Waals surface area contributed by atoms with Crippen LogP contribution < -0.4 is 10.6 Å². The third kappa shape index (κ3) is 5.03. The zero-order valence-corrected chi connectivity index (χ0v) is 17.7. The molecule has 1 atom stereocenters. The lowest BCUT2D eigenvalue weighted by molar-refractivity contribution is -0.130. The van der Waals surface area contributed by atoms with Crippen molar-refractivity contribution >= 4 is 17.9 Å². The molecule has 154 valence electrons. The van der Waals surface area contributed by atoms with Crippen LogP contribution in [0.1, 0.15) is 44.7 Å². The second-order valence-electron chi connectivity index (χ2n) is 7.43. The molecular formula is C21H33N5O2. The van der Waals surface area contributed by atoms with Crippen LogP contribution in [0.15, 0.2) is 29.3 Å². The predicted molar refractivity (Wildman–Crippen MR) is 112 cm³/mol. The lowest BCUT2D eigenvalue weighted by Crippen LogP contribution is -2.43. The molecule has 1 aromatic rings. The minimum atomic E-state index is -0.770. The van der Waals surface area contributed by atoms with Gasteiger partial charge in [0.25, 0.3) is 5.91 Å². The summed E-state index contributed by atoms with van der Waals surface area (Å²) in [6, 6.07) is 8.30. The van der Waals surface area contributed by atoms with Gasteiger partial charge in [0.05, 0.1) is 0 Å². The molecule has 28 heavy (non-hydrogen) atoms. The summed E-state index contributed by atoms with van der Waals surface area (Å²) < 4.78 is 0. The van der Waals surface area contributed by atoms with Gasteiger partial charge in [0.2, 0.25) is 0 Å². The number of benzene rings is 1. The molecule has 1 aliphatic heterocycles. The van der Waals surface area contributed by atoms with Crippen molar-refractivity contribution in [1.29, 1.82) is 0 Å². The number of hydrogen-bond acceptors (Lipinski definition) is 3. The third-order valence-corrected chi connectivity index (χ3v) is 5.32. The molecule has 1 unspecified atom stereocenters. The van der Waals surface area contributed by atoms with Gasteiger partial charge in [-0.3, -0.25) is 14.7 Å². The van der Waals surface area contributed by atoms with Gasteiger partial charge in [-0.15, -0.1) is 0 Å². The van der Waals surface area contributed by atoms with E-state index in [4.69, 9.17) is 0 Å². The Morgan fingerprint density at radius 3 is 2.39 bits per heavy atom. The molecule has 2 rings (SSSR count). The molecule has 2 N–H and O–H groups in total. The molecule has 1 aliphatic rings. The summed E-state index contributed by atoms with van der Waals surface area (Å²) in [5.41, 5.74) is 1.78. The number of hydrogen-bond donors (Lipinski definition) is 2. The number of imide groups is 1. The number of nitrogens with one attached hydrogen (secondary N) is 2. The Morgan fingerprint density at radius 1 is 1.21 bits per heavy atom. The van der Waals surface area contributed by atoms with Crippen LogP contribution in [0, 0.1) is 0 Å². The highest BCUT2D eigenvalue weighted by Gasteiger charge is 2.45. The average Bonchev–Trinajstić information content (AvgIpc) is 2.91. The first kappa shape index (κ1) is 21.7. The molecule has 7 nitrogen and oxygen atoms in total. The highest BCUT2D eigenvalue weighted by atomic mass is 16.2. The van der Waals surface area contributed by atoms with E-state index < -0.39 is 5.54 Å². The van der Waals surface area contributed by atoms with Crippen LogP contribution in [0.2, 0.25) is 0 Å². The van der Waals surface area contributed by atoms with Crippen LogP contribution in [0.5, 0.6) is 0 Å². The van der Waals surface area contributed by atoms with Crippen molar-refractivity contribution in [2.24, 2.45) is 4.99 Å². The van der Waals surface area contributed by atoms with Gasteiger partial charge in [0, 0.05) is 33.7 Å². The van der Waals surface area contributed by atoms with Crippen molar-refractivity contribution in [2.75, 3.05) is 27.2 Å². The zero-order chi connectivity index (χ0) is 20.7. The van der Waals surface area contributed by atoms with Crippen molar-refractivity contribution in [3.8, 4) is 0 Å². The molecule has 1 saturated heterocycles. The summed E-state index contributed by atoms with van der Waals surface area (Å²) in [6.07, 6.45) is 2.29. The summed E-state index contributed by atoms with van der Waals surface area (Å²) in [5, 5.41) is 6.09. The van der Waals surface area contributed by atoms with Crippen molar-refractivity contribution in [3.05, 3.63) is 35.4 Å². The maximum absolute atomic E-state index is 12.4. The van der Waals surface area contributed by atoms with Crippen molar-refractivity contribution in [2.45, 2.75) is 52.1 Å². The molecule has 0 aromatic heterocycles. The van der Waals surface area contributed by atoms with Gasteiger partial charge in [-0.05, 0) is 37.3 Å². The molecule has 1 fully saturated rings. The Balaban J connectivity index is 1.80. The minimum Gasteiger partial charge on any atom is -0.356 e. The highest BCUT2D eigenvalue weighted by Crippen LogP contribution is 2.20. The van der Waals surface area contributed by atoms with E-state index in [-0.39, 0.29) is 11.9 Å². The Kier molecular flexibility index (Phi) is 7.43. The molecule has 1 heterocycles. The largest absolute Gasteiger partial charge is 0.356 e. The van der Waals surface area contributed by atoms with Crippen molar-refractivity contribution in [1.82, 2.24) is 20.4 Å². The maximum atomic E-state index is 12.4. The van der Waals surface area contributed by atoms with Gasteiger partial charge in [0.15, 0.2) is 5.96 Å². The van der Waals surface area contributed by atoms with Gasteiger partial charge >= 0.3 is 6.03 Å². The lowest BCUT2D eigenvalue weighted by atomic mass is 9.99. The van der Waals surface area contributed by atoms with Crippen molar-refractivity contribution in [3.63, 3.8) is 0 Å². The van der Waals surface area contributed by atoms with E-state index >= 15 is 0 Å². The van der Waals surface area contributed by atoms with Gasteiger partial charge in [-0.2, -0.15) is 0 Å². The van der Waals surface area contributed by atoms with Gasteiger partial charge < -0.3 is 15.5 Å². The van der Waals surface area contributed by atoms with Crippen LogP contribution in [0.4, 0.5) is 4.79 Å². The van der Waals surface area contributed by atoms with E-state index in [2.05, 4.69) is 51.7 Å². The molecule has 7 heteroatoms. The molecule has 0 saturated carbocycles. The minimum absolute atomic E-state index is 0.142. The van der Waals surface area contributed by atoms with E-state index in [1.807, 2.05) is 14.0 Å². The number of amides is 3.